The van der Waals surface area contributed by atoms with Crippen molar-refractivity contribution in [1.29, 1.82) is 0 Å². The molecule has 2 aromatic heterocycles. The summed E-state index contributed by atoms with van der Waals surface area (Å²) in [4.78, 5) is 25.1. The smallest absolute Gasteiger partial charge is 0.257 e. The predicted molar refractivity (Wildman–Crippen MR) is 75.8 cm³/mol. The first-order valence-electron chi connectivity index (χ1n) is 7.14. The van der Waals surface area contributed by atoms with E-state index in [2.05, 4.69) is 14.9 Å². The Morgan fingerprint density at radius 1 is 1.14 bits per heavy atom. The van der Waals surface area contributed by atoms with Gasteiger partial charge in [-0.3, -0.25) is 4.79 Å². The molecule has 2 aliphatic rings. The summed E-state index contributed by atoms with van der Waals surface area (Å²) in [5.74, 6) is 1.87. The summed E-state index contributed by atoms with van der Waals surface area (Å²) in [6.45, 7) is 3.45. The van der Waals surface area contributed by atoms with E-state index in [1.54, 1.807) is 24.7 Å². The van der Waals surface area contributed by atoms with Crippen molar-refractivity contribution in [1.82, 2.24) is 14.9 Å². The Labute approximate surface area is 122 Å². The lowest BCUT2D eigenvalue weighted by molar-refractivity contribution is 0.0782. The van der Waals surface area contributed by atoms with Crippen molar-refractivity contribution in [2.45, 2.75) is 0 Å². The van der Waals surface area contributed by atoms with Gasteiger partial charge in [-0.05, 0) is 12.1 Å². The third kappa shape index (κ3) is 2.16. The Hall–Kier alpha value is -2.37. The van der Waals surface area contributed by atoms with E-state index < -0.39 is 0 Å². The first-order valence-corrected chi connectivity index (χ1v) is 7.14. The molecule has 0 aliphatic carbocycles. The summed E-state index contributed by atoms with van der Waals surface area (Å²) in [6, 6.07) is 3.55. The fraction of sp³-hybridized carbons (Fsp3) is 0.400. The molecule has 6 heteroatoms. The summed E-state index contributed by atoms with van der Waals surface area (Å²) in [5, 5.41) is 0. The first kappa shape index (κ1) is 12.4. The zero-order valence-corrected chi connectivity index (χ0v) is 11.6. The molecule has 0 N–H and O–H groups in total. The molecule has 21 heavy (non-hydrogen) atoms. The second-order valence-corrected chi connectivity index (χ2v) is 5.70. The molecule has 0 saturated carbocycles. The van der Waals surface area contributed by atoms with Gasteiger partial charge in [0.05, 0.1) is 11.8 Å². The Morgan fingerprint density at radius 2 is 1.86 bits per heavy atom. The van der Waals surface area contributed by atoms with E-state index in [-0.39, 0.29) is 5.91 Å². The van der Waals surface area contributed by atoms with Crippen molar-refractivity contribution in [3.05, 3.63) is 42.6 Å². The Balaban J connectivity index is 1.43. The lowest BCUT2D eigenvalue weighted by atomic mass is 10.0. The largest absolute Gasteiger partial charge is 0.472 e. The highest BCUT2D eigenvalue weighted by atomic mass is 16.3. The van der Waals surface area contributed by atoms with E-state index in [1.807, 2.05) is 11.0 Å². The summed E-state index contributed by atoms with van der Waals surface area (Å²) in [5.41, 5.74) is 0.637. The van der Waals surface area contributed by atoms with Gasteiger partial charge in [0.2, 0.25) is 5.95 Å². The fourth-order valence-electron chi connectivity index (χ4n) is 3.35. The highest BCUT2D eigenvalue weighted by Crippen LogP contribution is 2.33. The van der Waals surface area contributed by atoms with Crippen LogP contribution in [0.5, 0.6) is 0 Å². The number of furan rings is 1. The molecule has 0 unspecified atom stereocenters. The van der Waals surface area contributed by atoms with Gasteiger partial charge in [-0.1, -0.05) is 0 Å². The average molecular weight is 284 g/mol. The van der Waals surface area contributed by atoms with Crippen LogP contribution in [-0.4, -0.2) is 47.0 Å². The van der Waals surface area contributed by atoms with Crippen LogP contribution in [0.25, 0.3) is 0 Å². The van der Waals surface area contributed by atoms with Crippen molar-refractivity contribution < 1.29 is 9.21 Å². The number of carbonyl (C=O) groups is 1. The Kier molecular flexibility index (Phi) is 2.87. The van der Waals surface area contributed by atoms with Crippen LogP contribution < -0.4 is 4.90 Å². The maximum absolute atomic E-state index is 12.3. The highest BCUT2D eigenvalue weighted by Gasteiger charge is 2.42. The second-order valence-electron chi connectivity index (χ2n) is 5.70. The predicted octanol–water partition coefficient (Wildman–Crippen LogP) is 1.28. The molecule has 0 spiro atoms. The van der Waals surface area contributed by atoms with Gasteiger partial charge in [0.1, 0.15) is 6.26 Å². The van der Waals surface area contributed by atoms with Crippen LogP contribution in [0, 0.1) is 11.8 Å². The molecule has 2 fully saturated rings. The number of aromatic nitrogens is 2. The van der Waals surface area contributed by atoms with E-state index >= 15 is 0 Å². The number of hydrogen-bond acceptors (Lipinski definition) is 5. The minimum absolute atomic E-state index is 0.0701. The summed E-state index contributed by atoms with van der Waals surface area (Å²) in [6.07, 6.45) is 6.59. The highest BCUT2D eigenvalue weighted by molar-refractivity contribution is 5.94. The number of hydrogen-bond donors (Lipinski definition) is 0. The summed E-state index contributed by atoms with van der Waals surface area (Å²) < 4.78 is 4.99. The zero-order chi connectivity index (χ0) is 14.2. The lowest BCUT2D eigenvalue weighted by Crippen LogP contribution is -2.33. The van der Waals surface area contributed by atoms with E-state index in [1.165, 1.54) is 6.26 Å². The van der Waals surface area contributed by atoms with Crippen molar-refractivity contribution in [2.75, 3.05) is 31.1 Å². The van der Waals surface area contributed by atoms with Crippen LogP contribution in [0.15, 0.2) is 41.5 Å². The molecule has 2 atom stereocenters. The van der Waals surface area contributed by atoms with E-state index in [9.17, 15) is 4.79 Å². The van der Waals surface area contributed by atoms with Crippen LogP contribution in [0.1, 0.15) is 10.4 Å². The first-order chi connectivity index (χ1) is 10.3. The van der Waals surface area contributed by atoms with Gasteiger partial charge >= 0.3 is 0 Å². The van der Waals surface area contributed by atoms with Crippen LogP contribution in [-0.2, 0) is 0 Å². The van der Waals surface area contributed by atoms with E-state index in [0.717, 1.165) is 32.1 Å². The number of likely N-dealkylation sites (tertiary alicyclic amines) is 1. The van der Waals surface area contributed by atoms with Crippen LogP contribution in [0.4, 0.5) is 5.95 Å². The monoisotopic (exact) mass is 284 g/mol. The van der Waals surface area contributed by atoms with Gasteiger partial charge in [-0.2, -0.15) is 0 Å². The molecule has 0 aromatic carbocycles. The second kappa shape index (κ2) is 4.87. The number of rotatable bonds is 2. The molecule has 4 heterocycles. The quantitative estimate of drug-likeness (QED) is 0.831. The maximum Gasteiger partial charge on any atom is 0.257 e. The average Bonchev–Trinajstić information content (AvgIpc) is 3.23. The van der Waals surface area contributed by atoms with E-state index in [4.69, 9.17) is 4.42 Å². The third-order valence-electron chi connectivity index (χ3n) is 4.38. The van der Waals surface area contributed by atoms with Crippen LogP contribution in [0.3, 0.4) is 0 Å². The van der Waals surface area contributed by atoms with Gasteiger partial charge < -0.3 is 14.2 Å². The van der Waals surface area contributed by atoms with Crippen LogP contribution in [0.2, 0.25) is 0 Å². The van der Waals surface area contributed by atoms with Gasteiger partial charge in [-0.15, -0.1) is 0 Å². The molecule has 1 amide bonds. The van der Waals surface area contributed by atoms with Crippen molar-refractivity contribution >= 4 is 11.9 Å². The Morgan fingerprint density at radius 3 is 2.48 bits per heavy atom. The van der Waals surface area contributed by atoms with Crippen molar-refractivity contribution in [3.8, 4) is 0 Å². The van der Waals surface area contributed by atoms with Gasteiger partial charge in [0.15, 0.2) is 0 Å². The number of nitrogens with zero attached hydrogens (tertiary/aromatic N) is 4. The fourth-order valence-corrected chi connectivity index (χ4v) is 3.35. The third-order valence-corrected chi connectivity index (χ3v) is 4.38. The summed E-state index contributed by atoms with van der Waals surface area (Å²) in [7, 11) is 0. The molecule has 0 radical (unpaired) electrons. The normalized spacial score (nSPS) is 24.4. The molecule has 2 aromatic rings. The number of fused-ring (bicyclic) bond motifs is 1. The number of anilines is 1. The van der Waals surface area contributed by atoms with Crippen molar-refractivity contribution in [3.63, 3.8) is 0 Å². The zero-order valence-electron chi connectivity index (χ0n) is 11.6. The minimum Gasteiger partial charge on any atom is -0.472 e. The minimum atomic E-state index is 0.0701. The van der Waals surface area contributed by atoms with E-state index in [0.29, 0.717) is 17.4 Å². The topological polar surface area (TPSA) is 62.5 Å². The molecule has 2 saturated heterocycles. The Bertz CT molecular complexity index is 614. The molecule has 4 rings (SSSR count). The molecule has 6 nitrogen and oxygen atoms in total. The molecular weight excluding hydrogens is 268 g/mol. The van der Waals surface area contributed by atoms with Gasteiger partial charge in [0.25, 0.3) is 5.91 Å². The number of amides is 1. The molecule has 0 bridgehead atoms. The number of carbonyl (C=O) groups excluding carboxylic acids is 1. The van der Waals surface area contributed by atoms with Crippen molar-refractivity contribution in [2.24, 2.45) is 11.8 Å². The molecule has 108 valence electrons. The van der Waals surface area contributed by atoms with Gasteiger partial charge in [-0.25, -0.2) is 9.97 Å². The summed E-state index contributed by atoms with van der Waals surface area (Å²) >= 11 is 0. The lowest BCUT2D eigenvalue weighted by Gasteiger charge is -2.21. The van der Waals surface area contributed by atoms with Gasteiger partial charge in [0, 0.05) is 50.4 Å². The molecule has 2 aliphatic heterocycles. The standard InChI is InChI=1S/C15H16N4O2/c20-14(11-2-5-21-10-11)18-6-12-8-19(9-13(12)7-18)15-16-3-1-4-17-15/h1-5,10,12-13H,6-9H2/t12-,13+. The SMILES string of the molecule is O=C(c1ccoc1)N1C[C@@H]2CN(c3ncccn3)C[C@@H]2C1. The van der Waals surface area contributed by atoms with Crippen LogP contribution >= 0.6 is 0 Å². The molecular formula is C15H16N4O2. The maximum atomic E-state index is 12.3.